The largest absolute Gasteiger partial charge is 0.418 e. The summed E-state index contributed by atoms with van der Waals surface area (Å²) in [5.41, 5.74) is 0.391. The van der Waals surface area contributed by atoms with Gasteiger partial charge in [-0.2, -0.15) is 18.3 Å². The highest BCUT2D eigenvalue weighted by molar-refractivity contribution is 8.00. The van der Waals surface area contributed by atoms with Gasteiger partial charge in [-0.15, -0.1) is 10.2 Å². The Morgan fingerprint density at radius 2 is 1.90 bits per heavy atom. The average molecular weight is 456 g/mol. The van der Waals surface area contributed by atoms with Gasteiger partial charge < -0.3 is 5.32 Å². The summed E-state index contributed by atoms with van der Waals surface area (Å²) in [4.78, 5) is 12.4. The second-order valence-corrected chi connectivity index (χ2v) is 8.30. The SMILES string of the molecule is Cc1cc(C)n(-c2ccc(SC(C)C(=O)Nc3ccc(Cl)cc3C(F)(F)F)nn2)n1. The maximum absolute atomic E-state index is 13.2. The van der Waals surface area contributed by atoms with Gasteiger partial charge in [0, 0.05) is 10.7 Å². The van der Waals surface area contributed by atoms with Crippen molar-refractivity contribution in [2.45, 2.75) is 37.2 Å². The van der Waals surface area contributed by atoms with Crippen molar-refractivity contribution < 1.29 is 18.0 Å². The summed E-state index contributed by atoms with van der Waals surface area (Å²) in [5, 5.41) is 14.5. The van der Waals surface area contributed by atoms with E-state index in [9.17, 15) is 18.0 Å². The van der Waals surface area contributed by atoms with Gasteiger partial charge in [-0.1, -0.05) is 23.4 Å². The highest BCUT2D eigenvalue weighted by Gasteiger charge is 2.34. The molecule has 0 saturated carbocycles. The Kier molecular flexibility index (Phi) is 6.37. The van der Waals surface area contributed by atoms with Crippen molar-refractivity contribution in [3.63, 3.8) is 0 Å². The van der Waals surface area contributed by atoms with Crippen LogP contribution in [0.5, 0.6) is 0 Å². The topological polar surface area (TPSA) is 72.7 Å². The fraction of sp³-hybridized carbons (Fsp3) is 0.263. The molecule has 0 aliphatic rings. The normalized spacial score (nSPS) is 12.6. The predicted molar refractivity (Wildman–Crippen MR) is 109 cm³/mol. The van der Waals surface area contributed by atoms with Gasteiger partial charge in [0.15, 0.2) is 5.82 Å². The molecule has 0 spiro atoms. The summed E-state index contributed by atoms with van der Waals surface area (Å²) in [5.74, 6) is -0.0738. The Hall–Kier alpha value is -2.59. The molecule has 1 atom stereocenters. The van der Waals surface area contributed by atoms with E-state index >= 15 is 0 Å². The van der Waals surface area contributed by atoms with E-state index in [4.69, 9.17) is 11.6 Å². The number of nitrogens with one attached hydrogen (secondary N) is 1. The molecule has 0 fully saturated rings. The first kappa shape index (κ1) is 22.1. The van der Waals surface area contributed by atoms with Crippen LogP contribution in [-0.4, -0.2) is 31.1 Å². The number of thioether (sulfide) groups is 1. The van der Waals surface area contributed by atoms with Crippen molar-refractivity contribution in [3.8, 4) is 5.82 Å². The molecule has 1 amide bonds. The van der Waals surface area contributed by atoms with E-state index < -0.39 is 22.9 Å². The third-order valence-electron chi connectivity index (χ3n) is 4.06. The third kappa shape index (κ3) is 5.11. The number of aromatic nitrogens is 4. The molecule has 0 radical (unpaired) electrons. The summed E-state index contributed by atoms with van der Waals surface area (Å²) < 4.78 is 41.2. The number of carbonyl (C=O) groups excluding carboxylic acids is 1. The van der Waals surface area contributed by atoms with Crippen LogP contribution in [0.4, 0.5) is 18.9 Å². The second kappa shape index (κ2) is 8.65. The number of carbonyl (C=O) groups is 1. The lowest BCUT2D eigenvalue weighted by atomic mass is 10.1. The molecule has 2 heterocycles. The van der Waals surface area contributed by atoms with Crippen molar-refractivity contribution in [2.75, 3.05) is 5.32 Å². The lowest BCUT2D eigenvalue weighted by molar-refractivity contribution is -0.137. The van der Waals surface area contributed by atoms with Gasteiger partial charge >= 0.3 is 6.18 Å². The van der Waals surface area contributed by atoms with Crippen LogP contribution in [-0.2, 0) is 11.0 Å². The lowest BCUT2D eigenvalue weighted by Gasteiger charge is -2.16. The number of hydrogen-bond donors (Lipinski definition) is 1. The van der Waals surface area contributed by atoms with Crippen LogP contribution >= 0.6 is 23.4 Å². The molecule has 0 aliphatic heterocycles. The lowest BCUT2D eigenvalue weighted by Crippen LogP contribution is -2.24. The molecule has 1 N–H and O–H groups in total. The van der Waals surface area contributed by atoms with Crippen LogP contribution in [0.2, 0.25) is 5.02 Å². The Morgan fingerprint density at radius 3 is 2.47 bits per heavy atom. The highest BCUT2D eigenvalue weighted by atomic mass is 35.5. The van der Waals surface area contributed by atoms with E-state index in [1.807, 2.05) is 19.9 Å². The van der Waals surface area contributed by atoms with Crippen molar-refractivity contribution in [1.29, 1.82) is 0 Å². The quantitative estimate of drug-likeness (QED) is 0.544. The molecule has 0 aliphatic carbocycles. The number of nitrogens with zero attached hydrogens (tertiary/aromatic N) is 4. The molecule has 0 saturated heterocycles. The first-order valence-corrected chi connectivity index (χ1v) is 10.0. The average Bonchev–Trinajstić information content (AvgIpc) is 3.01. The fourth-order valence-electron chi connectivity index (χ4n) is 2.68. The van der Waals surface area contributed by atoms with Crippen LogP contribution in [0.1, 0.15) is 23.9 Å². The van der Waals surface area contributed by atoms with E-state index in [2.05, 4.69) is 20.6 Å². The molecule has 11 heteroatoms. The number of aryl methyl sites for hydroxylation is 2. The fourth-order valence-corrected chi connectivity index (χ4v) is 3.61. The van der Waals surface area contributed by atoms with Gasteiger partial charge in [0.05, 0.1) is 22.2 Å². The van der Waals surface area contributed by atoms with Gasteiger partial charge in [0.25, 0.3) is 0 Å². The van der Waals surface area contributed by atoms with Gasteiger partial charge in [-0.3, -0.25) is 4.79 Å². The number of anilines is 1. The maximum Gasteiger partial charge on any atom is 0.418 e. The number of benzene rings is 1. The van der Waals surface area contributed by atoms with Gasteiger partial charge in [0.2, 0.25) is 5.91 Å². The zero-order valence-electron chi connectivity index (χ0n) is 16.2. The van der Waals surface area contributed by atoms with Gasteiger partial charge in [0.1, 0.15) is 5.03 Å². The molecule has 1 aromatic carbocycles. The first-order valence-electron chi connectivity index (χ1n) is 8.76. The molecule has 0 bridgehead atoms. The van der Waals surface area contributed by atoms with Crippen LogP contribution in [0, 0.1) is 13.8 Å². The summed E-state index contributed by atoms with van der Waals surface area (Å²) in [6.45, 7) is 5.33. The van der Waals surface area contributed by atoms with E-state index in [0.717, 1.165) is 35.3 Å². The minimum absolute atomic E-state index is 0.0688. The van der Waals surface area contributed by atoms with Crippen molar-refractivity contribution >= 4 is 35.0 Å². The zero-order chi connectivity index (χ0) is 22.1. The summed E-state index contributed by atoms with van der Waals surface area (Å²) in [6.07, 6.45) is -4.64. The van der Waals surface area contributed by atoms with E-state index in [-0.39, 0.29) is 10.7 Å². The Balaban J connectivity index is 1.70. The summed E-state index contributed by atoms with van der Waals surface area (Å²) in [6, 6.07) is 8.48. The van der Waals surface area contributed by atoms with Gasteiger partial charge in [-0.05, 0) is 57.2 Å². The standard InChI is InChI=1S/C19H17ClF3N5OS/c1-10-8-11(2)28(27-10)16-6-7-17(26-25-16)30-12(3)18(29)24-15-5-4-13(20)9-14(15)19(21,22)23/h4-9,12H,1-3H3,(H,24,29). The van der Waals surface area contributed by atoms with Crippen molar-refractivity contribution in [3.05, 3.63) is 58.4 Å². The van der Waals surface area contributed by atoms with E-state index in [1.54, 1.807) is 23.7 Å². The van der Waals surface area contributed by atoms with Crippen molar-refractivity contribution in [1.82, 2.24) is 20.0 Å². The number of alkyl halides is 3. The van der Waals surface area contributed by atoms with Crippen LogP contribution in [0.15, 0.2) is 41.4 Å². The predicted octanol–water partition coefficient (Wildman–Crippen LogP) is 5.07. The molecule has 158 valence electrons. The monoisotopic (exact) mass is 455 g/mol. The maximum atomic E-state index is 13.2. The Bertz CT molecular complexity index is 1070. The number of halogens is 4. The van der Waals surface area contributed by atoms with Crippen LogP contribution in [0.25, 0.3) is 5.82 Å². The Morgan fingerprint density at radius 1 is 1.17 bits per heavy atom. The molecular formula is C19H17ClF3N5OS. The molecule has 30 heavy (non-hydrogen) atoms. The molecular weight excluding hydrogens is 439 g/mol. The summed E-state index contributed by atoms with van der Waals surface area (Å²) >= 11 is 6.74. The number of hydrogen-bond acceptors (Lipinski definition) is 5. The number of amides is 1. The van der Waals surface area contributed by atoms with Gasteiger partial charge in [-0.25, -0.2) is 4.68 Å². The second-order valence-electron chi connectivity index (χ2n) is 6.51. The van der Waals surface area contributed by atoms with E-state index in [0.29, 0.717) is 10.8 Å². The molecule has 6 nitrogen and oxygen atoms in total. The first-order chi connectivity index (χ1) is 14.0. The van der Waals surface area contributed by atoms with Crippen LogP contribution in [0.3, 0.4) is 0 Å². The summed E-state index contributed by atoms with van der Waals surface area (Å²) in [7, 11) is 0. The van der Waals surface area contributed by atoms with Crippen molar-refractivity contribution in [2.24, 2.45) is 0 Å². The molecule has 2 aromatic heterocycles. The number of rotatable bonds is 5. The molecule has 1 unspecified atom stereocenters. The molecule has 3 rings (SSSR count). The smallest absolute Gasteiger partial charge is 0.325 e. The van der Waals surface area contributed by atoms with Crippen LogP contribution < -0.4 is 5.32 Å². The Labute approximate surface area is 179 Å². The minimum atomic E-state index is -4.64. The zero-order valence-corrected chi connectivity index (χ0v) is 17.7. The minimum Gasteiger partial charge on any atom is -0.325 e. The highest BCUT2D eigenvalue weighted by Crippen LogP contribution is 2.37. The van der Waals surface area contributed by atoms with E-state index in [1.165, 1.54) is 6.07 Å². The third-order valence-corrected chi connectivity index (χ3v) is 5.33. The molecule has 3 aromatic rings.